The average molecular weight is 413 g/mol. The predicted octanol–water partition coefficient (Wildman–Crippen LogP) is -2.11. The van der Waals surface area contributed by atoms with Crippen LogP contribution in [0.5, 0.6) is 0 Å². The van der Waals surface area contributed by atoms with Crippen molar-refractivity contribution in [3.63, 3.8) is 0 Å². The Morgan fingerprint density at radius 2 is 1.65 bits per heavy atom. The van der Waals surface area contributed by atoms with Gasteiger partial charge in [0.1, 0.15) is 0 Å². The molecule has 0 aliphatic heterocycles. The van der Waals surface area contributed by atoms with E-state index in [9.17, 15) is 19.2 Å². The molecule has 0 heterocycles. The first kappa shape index (κ1) is 21.9. The van der Waals surface area contributed by atoms with Crippen molar-refractivity contribution in [3.8, 4) is 0 Å². The molecule has 7 N–H and O–H groups in total. The number of carboxylic acids is 2. The summed E-state index contributed by atoms with van der Waals surface area (Å²) in [4.78, 5) is 44.1. The summed E-state index contributed by atoms with van der Waals surface area (Å²) in [5.41, 5.74) is 10.8. The van der Waals surface area contributed by atoms with E-state index in [1.807, 2.05) is 0 Å². The predicted molar refractivity (Wildman–Crippen MR) is 85.1 cm³/mol. The molecule has 23 heavy (non-hydrogen) atoms. The first-order chi connectivity index (χ1) is 10.6. The van der Waals surface area contributed by atoms with Crippen LogP contribution in [-0.4, -0.2) is 78.4 Å². The summed E-state index contributed by atoms with van der Waals surface area (Å²) in [5.74, 6) is -2.24. The molecule has 0 aromatic carbocycles. The average Bonchev–Trinajstić information content (AvgIpc) is 2.46. The van der Waals surface area contributed by atoms with Crippen molar-refractivity contribution in [2.75, 3.05) is 11.5 Å². The fourth-order valence-electron chi connectivity index (χ4n) is 1.41. The van der Waals surface area contributed by atoms with E-state index in [1.165, 1.54) is 11.8 Å². The van der Waals surface area contributed by atoms with Gasteiger partial charge in [-0.3, -0.25) is 4.79 Å². The second-order valence-corrected chi connectivity index (χ2v) is 6.72. The molecule has 131 valence electrons. The quantitative estimate of drug-likeness (QED) is 0.177. The van der Waals surface area contributed by atoms with Gasteiger partial charge in [-0.1, -0.05) is 0 Å². The molecule has 0 rings (SSSR count). The molecular formula is C12H20N3O6SSe. The normalized spacial score (nSPS) is 14.5. The maximum Gasteiger partial charge on any atom is 0.320 e. The Hall–Kier alpha value is -1.13. The Balaban J connectivity index is 4.16. The molecule has 0 fully saturated rings. The van der Waals surface area contributed by atoms with E-state index >= 15 is 0 Å². The van der Waals surface area contributed by atoms with Crippen LogP contribution in [-0.2, 0) is 19.2 Å². The smallest absolute Gasteiger partial charge is 0.320 e. The van der Waals surface area contributed by atoms with E-state index in [-0.39, 0.29) is 23.9 Å². The Labute approximate surface area is 145 Å². The summed E-state index contributed by atoms with van der Waals surface area (Å²) in [7, 11) is 0. The van der Waals surface area contributed by atoms with Crippen LogP contribution < -0.4 is 16.8 Å². The number of hydrogen-bond donors (Lipinski definition) is 5. The summed E-state index contributed by atoms with van der Waals surface area (Å²) in [5, 5.41) is 20.0. The van der Waals surface area contributed by atoms with Crippen molar-refractivity contribution < 1.29 is 29.4 Å². The van der Waals surface area contributed by atoms with Crippen molar-refractivity contribution in [2.24, 2.45) is 11.5 Å². The Morgan fingerprint density at radius 1 is 1.04 bits per heavy atom. The maximum absolute atomic E-state index is 11.6. The van der Waals surface area contributed by atoms with Crippen LogP contribution in [0, 0.1) is 0 Å². The SMILES string of the molecule is N[C@@H](CCC(=O)N[C@@H](CCSC[C@H](N)C(=O)[Se])C(=O)O)C(=O)O. The number of rotatable bonds is 12. The van der Waals surface area contributed by atoms with E-state index in [1.54, 1.807) is 0 Å². The van der Waals surface area contributed by atoms with E-state index in [0.717, 1.165) is 0 Å². The molecule has 0 aromatic heterocycles. The molecular weight excluding hydrogens is 393 g/mol. The number of amides is 1. The fraction of sp³-hybridized carbons (Fsp3) is 0.667. The van der Waals surface area contributed by atoms with Gasteiger partial charge in [-0.05, 0) is 0 Å². The van der Waals surface area contributed by atoms with Gasteiger partial charge in [-0.25, -0.2) is 0 Å². The van der Waals surface area contributed by atoms with Gasteiger partial charge < -0.3 is 10.8 Å². The van der Waals surface area contributed by atoms with Crippen LogP contribution >= 0.6 is 11.8 Å². The van der Waals surface area contributed by atoms with Crippen LogP contribution in [0.1, 0.15) is 19.3 Å². The summed E-state index contributed by atoms with van der Waals surface area (Å²) < 4.78 is -0.268. The summed E-state index contributed by atoms with van der Waals surface area (Å²) in [6.45, 7) is 0. The molecule has 11 heteroatoms. The molecule has 0 unspecified atom stereocenters. The molecule has 3 atom stereocenters. The monoisotopic (exact) mass is 414 g/mol. The molecule has 0 saturated carbocycles. The van der Waals surface area contributed by atoms with Crippen molar-refractivity contribution in [1.82, 2.24) is 5.32 Å². The summed E-state index contributed by atoms with van der Waals surface area (Å²) >= 11 is 3.59. The Bertz CT molecular complexity index is 451. The third-order valence-corrected chi connectivity index (χ3v) is 4.54. The van der Waals surface area contributed by atoms with Gasteiger partial charge in [0.05, 0.1) is 0 Å². The number of thioether (sulfide) groups is 1. The molecule has 0 aliphatic carbocycles. The number of carboxylic acid groups (broad SMARTS) is 2. The number of hydrogen-bond acceptors (Lipinski definition) is 7. The van der Waals surface area contributed by atoms with E-state index in [0.29, 0.717) is 11.5 Å². The minimum atomic E-state index is -1.22. The van der Waals surface area contributed by atoms with Gasteiger partial charge in [0.15, 0.2) is 0 Å². The van der Waals surface area contributed by atoms with Crippen molar-refractivity contribution in [1.29, 1.82) is 0 Å². The summed E-state index contributed by atoms with van der Waals surface area (Å²) in [6.07, 6.45) is -0.0906. The van der Waals surface area contributed by atoms with Gasteiger partial charge in [0, 0.05) is 0 Å². The first-order valence-electron chi connectivity index (χ1n) is 6.69. The van der Waals surface area contributed by atoms with Gasteiger partial charge >= 0.3 is 130 Å². The molecule has 0 bridgehead atoms. The van der Waals surface area contributed by atoms with Gasteiger partial charge in [-0.2, -0.15) is 0 Å². The van der Waals surface area contributed by atoms with Crippen LogP contribution in [0.2, 0.25) is 0 Å². The molecule has 9 nitrogen and oxygen atoms in total. The van der Waals surface area contributed by atoms with E-state index in [4.69, 9.17) is 21.7 Å². The van der Waals surface area contributed by atoms with Crippen molar-refractivity contribution >= 4 is 50.3 Å². The molecule has 0 aliphatic rings. The van der Waals surface area contributed by atoms with E-state index in [2.05, 4.69) is 21.3 Å². The second kappa shape index (κ2) is 11.4. The minimum Gasteiger partial charge on any atom is -0.480 e. The molecule has 0 spiro atoms. The van der Waals surface area contributed by atoms with Crippen LogP contribution in [0.25, 0.3) is 0 Å². The first-order valence-corrected chi connectivity index (χ1v) is 8.71. The van der Waals surface area contributed by atoms with Crippen molar-refractivity contribution in [2.45, 2.75) is 37.4 Å². The van der Waals surface area contributed by atoms with Gasteiger partial charge in [-0.15, -0.1) is 0 Å². The largest absolute Gasteiger partial charge is 0.480 e. The van der Waals surface area contributed by atoms with Crippen molar-refractivity contribution in [3.05, 3.63) is 0 Å². The topological polar surface area (TPSA) is 173 Å². The summed E-state index contributed by atoms with van der Waals surface area (Å²) in [6, 6.07) is -2.89. The standard InChI is InChI=1S/C12H20N3O6SSe/c13-6(10(17)18)1-2-9(16)15-8(11(19)20)3-4-22-5-7(14)12(21)23/h6-8H,1-5,13-14H2,(H,15,16)(H,17,18)(H,19,20)/t6-,7-,8-/m0/s1. The molecule has 0 saturated heterocycles. The Morgan fingerprint density at radius 3 is 2.13 bits per heavy atom. The third kappa shape index (κ3) is 10.3. The maximum atomic E-state index is 11.6. The third-order valence-electron chi connectivity index (χ3n) is 2.78. The number of nitrogens with two attached hydrogens (primary N) is 2. The van der Waals surface area contributed by atoms with E-state index < -0.39 is 36.0 Å². The number of aliphatic carboxylic acids is 2. The second-order valence-electron chi connectivity index (χ2n) is 4.73. The molecule has 1 amide bonds. The van der Waals surface area contributed by atoms with Gasteiger partial charge in [0.2, 0.25) is 0 Å². The zero-order chi connectivity index (χ0) is 18.0. The minimum absolute atomic E-state index is 0.0772. The number of carbonyl (C=O) groups is 4. The van der Waals surface area contributed by atoms with Crippen LogP contribution in [0.4, 0.5) is 0 Å². The fourth-order valence-corrected chi connectivity index (χ4v) is 2.80. The molecule has 0 aromatic rings. The zero-order valence-electron chi connectivity index (χ0n) is 12.3. The zero-order valence-corrected chi connectivity index (χ0v) is 14.8. The molecule has 1 radical (unpaired) electrons. The Kier molecular flexibility index (Phi) is 10.9. The van der Waals surface area contributed by atoms with Crippen LogP contribution in [0.15, 0.2) is 0 Å². The number of nitrogens with one attached hydrogen (secondary N) is 1. The number of carbonyl (C=O) groups excluding carboxylic acids is 2. The van der Waals surface area contributed by atoms with Gasteiger partial charge in [0.25, 0.3) is 0 Å². The van der Waals surface area contributed by atoms with Crippen LogP contribution in [0.3, 0.4) is 0 Å².